The van der Waals surface area contributed by atoms with E-state index in [2.05, 4.69) is 5.32 Å². The van der Waals surface area contributed by atoms with E-state index in [1.807, 2.05) is 0 Å². The Morgan fingerprint density at radius 2 is 1.76 bits per heavy atom. The van der Waals surface area contributed by atoms with Crippen molar-refractivity contribution in [2.75, 3.05) is 33.2 Å². The van der Waals surface area contributed by atoms with Crippen LogP contribution in [0.5, 0.6) is 0 Å². The van der Waals surface area contributed by atoms with E-state index in [1.165, 1.54) is 32.9 Å². The standard InChI is InChI=1S/C16H25N3O4S2/c1-18(14-8-9-17-13-14)24(20,21)15-6-5-7-16(12-15)25(22,23)19-10-3-2-4-11-19/h5-7,12,14,17H,2-4,8-11,13H2,1H3. The number of nitrogens with zero attached hydrogens (tertiary/aromatic N) is 2. The topological polar surface area (TPSA) is 86.8 Å². The van der Waals surface area contributed by atoms with Gasteiger partial charge in [-0.05, 0) is 44.0 Å². The maximum Gasteiger partial charge on any atom is 0.243 e. The zero-order valence-electron chi connectivity index (χ0n) is 14.4. The molecular formula is C16H25N3O4S2. The van der Waals surface area contributed by atoms with Crippen molar-refractivity contribution in [3.8, 4) is 0 Å². The molecular weight excluding hydrogens is 362 g/mol. The highest BCUT2D eigenvalue weighted by molar-refractivity contribution is 7.90. The van der Waals surface area contributed by atoms with Gasteiger partial charge in [0.1, 0.15) is 0 Å². The maximum atomic E-state index is 12.9. The van der Waals surface area contributed by atoms with E-state index in [1.54, 1.807) is 7.05 Å². The molecule has 0 aromatic heterocycles. The molecule has 1 aromatic carbocycles. The monoisotopic (exact) mass is 387 g/mol. The number of sulfonamides is 2. The summed E-state index contributed by atoms with van der Waals surface area (Å²) in [6, 6.07) is 5.62. The summed E-state index contributed by atoms with van der Waals surface area (Å²) in [7, 11) is -5.82. The van der Waals surface area contributed by atoms with E-state index in [4.69, 9.17) is 0 Å². The van der Waals surface area contributed by atoms with Crippen LogP contribution in [0.2, 0.25) is 0 Å². The normalized spacial score (nSPS) is 23.2. The minimum atomic E-state index is -3.73. The van der Waals surface area contributed by atoms with Crippen molar-refractivity contribution in [3.05, 3.63) is 24.3 Å². The lowest BCUT2D eigenvalue weighted by Gasteiger charge is -2.26. The van der Waals surface area contributed by atoms with E-state index < -0.39 is 20.0 Å². The third kappa shape index (κ3) is 3.75. The molecule has 1 N–H and O–H groups in total. The van der Waals surface area contributed by atoms with Crippen LogP contribution in [-0.2, 0) is 20.0 Å². The summed E-state index contributed by atoms with van der Waals surface area (Å²) >= 11 is 0. The molecule has 2 saturated heterocycles. The summed E-state index contributed by atoms with van der Waals surface area (Å²) in [6.45, 7) is 2.38. The fraction of sp³-hybridized carbons (Fsp3) is 0.625. The number of likely N-dealkylation sites (N-methyl/N-ethyl adjacent to an activating group) is 1. The number of hydrogen-bond donors (Lipinski definition) is 1. The van der Waals surface area contributed by atoms with E-state index in [0.717, 1.165) is 32.2 Å². The van der Waals surface area contributed by atoms with Crippen LogP contribution in [0.3, 0.4) is 0 Å². The van der Waals surface area contributed by atoms with E-state index in [-0.39, 0.29) is 15.8 Å². The Labute approximate surface area is 150 Å². The molecule has 0 amide bonds. The Balaban J connectivity index is 1.90. The molecule has 1 aromatic rings. The number of rotatable bonds is 5. The van der Waals surface area contributed by atoms with Crippen LogP contribution in [0.1, 0.15) is 25.7 Å². The molecule has 0 saturated carbocycles. The highest BCUT2D eigenvalue weighted by Crippen LogP contribution is 2.25. The van der Waals surface area contributed by atoms with Gasteiger partial charge in [0.25, 0.3) is 0 Å². The smallest absolute Gasteiger partial charge is 0.243 e. The first-order chi connectivity index (χ1) is 11.8. The molecule has 1 unspecified atom stereocenters. The fourth-order valence-electron chi connectivity index (χ4n) is 3.36. The third-order valence-corrected chi connectivity index (χ3v) is 8.78. The molecule has 25 heavy (non-hydrogen) atoms. The average molecular weight is 388 g/mol. The van der Waals surface area contributed by atoms with Gasteiger partial charge in [-0.2, -0.15) is 8.61 Å². The average Bonchev–Trinajstić information content (AvgIpc) is 3.16. The molecule has 0 spiro atoms. The molecule has 2 aliphatic rings. The van der Waals surface area contributed by atoms with Gasteiger partial charge in [0.2, 0.25) is 20.0 Å². The predicted octanol–water partition coefficient (Wildman–Crippen LogP) is 0.844. The molecule has 0 radical (unpaired) electrons. The zero-order chi connectivity index (χ0) is 18.1. The van der Waals surface area contributed by atoms with Crippen molar-refractivity contribution in [1.82, 2.24) is 13.9 Å². The van der Waals surface area contributed by atoms with Gasteiger partial charge in [-0.15, -0.1) is 0 Å². The van der Waals surface area contributed by atoms with Crippen LogP contribution < -0.4 is 5.32 Å². The van der Waals surface area contributed by atoms with E-state index >= 15 is 0 Å². The SMILES string of the molecule is CN(C1CCNC1)S(=O)(=O)c1cccc(S(=O)(=O)N2CCCCC2)c1. The molecule has 140 valence electrons. The Morgan fingerprint density at radius 3 is 2.40 bits per heavy atom. The summed E-state index contributed by atoms with van der Waals surface area (Å²) in [6.07, 6.45) is 3.46. The molecule has 9 heteroatoms. The molecule has 1 atom stereocenters. The molecule has 7 nitrogen and oxygen atoms in total. The van der Waals surface area contributed by atoms with Crippen LogP contribution in [0.25, 0.3) is 0 Å². The molecule has 0 bridgehead atoms. The van der Waals surface area contributed by atoms with Gasteiger partial charge in [-0.25, -0.2) is 16.8 Å². The number of nitrogens with one attached hydrogen (secondary N) is 1. The van der Waals surface area contributed by atoms with Gasteiger partial charge in [-0.3, -0.25) is 0 Å². The molecule has 2 aliphatic heterocycles. The zero-order valence-corrected chi connectivity index (χ0v) is 16.0. The number of benzene rings is 1. The molecule has 3 rings (SSSR count). The lowest BCUT2D eigenvalue weighted by Crippen LogP contribution is -2.38. The Bertz CT molecular complexity index is 812. The van der Waals surface area contributed by atoms with Crippen molar-refractivity contribution < 1.29 is 16.8 Å². The summed E-state index contributed by atoms with van der Waals surface area (Å²) in [4.78, 5) is 0.0772. The van der Waals surface area contributed by atoms with Crippen LogP contribution in [0.15, 0.2) is 34.1 Å². The van der Waals surface area contributed by atoms with Crippen LogP contribution >= 0.6 is 0 Å². The van der Waals surface area contributed by atoms with Crippen LogP contribution in [0.4, 0.5) is 0 Å². The molecule has 2 heterocycles. The third-order valence-electron chi connectivity index (χ3n) is 4.98. The van der Waals surface area contributed by atoms with Crippen molar-refractivity contribution in [2.24, 2.45) is 0 Å². The quantitative estimate of drug-likeness (QED) is 0.809. The Hall–Kier alpha value is -1.00. The first-order valence-corrected chi connectivity index (χ1v) is 11.5. The first kappa shape index (κ1) is 18.8. The maximum absolute atomic E-state index is 12.9. The second kappa shape index (κ2) is 7.32. The summed E-state index contributed by atoms with van der Waals surface area (Å²) in [5.74, 6) is 0. The second-order valence-electron chi connectivity index (χ2n) is 6.61. The second-order valence-corrected chi connectivity index (χ2v) is 10.5. The fourth-order valence-corrected chi connectivity index (χ4v) is 6.43. The van der Waals surface area contributed by atoms with Crippen LogP contribution in [0, 0.1) is 0 Å². The highest BCUT2D eigenvalue weighted by atomic mass is 32.2. The van der Waals surface area contributed by atoms with Gasteiger partial charge in [0.15, 0.2) is 0 Å². The van der Waals surface area contributed by atoms with Crippen molar-refractivity contribution in [1.29, 1.82) is 0 Å². The summed E-state index contributed by atoms with van der Waals surface area (Å²) in [5, 5.41) is 3.15. The lowest BCUT2D eigenvalue weighted by atomic mass is 10.2. The molecule has 0 aliphatic carbocycles. The largest absolute Gasteiger partial charge is 0.315 e. The summed E-state index contributed by atoms with van der Waals surface area (Å²) in [5.41, 5.74) is 0. The highest BCUT2D eigenvalue weighted by Gasteiger charge is 2.32. The Morgan fingerprint density at radius 1 is 1.08 bits per heavy atom. The van der Waals surface area contributed by atoms with Gasteiger partial charge >= 0.3 is 0 Å². The van der Waals surface area contributed by atoms with Crippen molar-refractivity contribution in [3.63, 3.8) is 0 Å². The van der Waals surface area contributed by atoms with Crippen LogP contribution in [-0.4, -0.2) is 64.7 Å². The van der Waals surface area contributed by atoms with Gasteiger partial charge in [-0.1, -0.05) is 12.5 Å². The predicted molar refractivity (Wildman–Crippen MR) is 95.3 cm³/mol. The number of piperidine rings is 1. The van der Waals surface area contributed by atoms with E-state index in [9.17, 15) is 16.8 Å². The van der Waals surface area contributed by atoms with Crippen molar-refractivity contribution in [2.45, 2.75) is 41.5 Å². The Kier molecular flexibility index (Phi) is 5.50. The van der Waals surface area contributed by atoms with Gasteiger partial charge < -0.3 is 5.32 Å². The van der Waals surface area contributed by atoms with Gasteiger partial charge in [0.05, 0.1) is 9.79 Å². The summed E-state index contributed by atoms with van der Waals surface area (Å²) < 4.78 is 54.1. The van der Waals surface area contributed by atoms with E-state index in [0.29, 0.717) is 19.6 Å². The minimum absolute atomic E-state index is 0.0278. The number of hydrogen-bond acceptors (Lipinski definition) is 5. The first-order valence-electron chi connectivity index (χ1n) is 8.62. The van der Waals surface area contributed by atoms with Gasteiger partial charge in [0, 0.05) is 32.7 Å². The molecule has 2 fully saturated rings. The lowest BCUT2D eigenvalue weighted by molar-refractivity contribution is 0.346. The van der Waals surface area contributed by atoms with Crippen molar-refractivity contribution >= 4 is 20.0 Å². The minimum Gasteiger partial charge on any atom is -0.315 e.